The first-order chi connectivity index (χ1) is 14.8. The van der Waals surface area contributed by atoms with Crippen molar-refractivity contribution in [1.82, 2.24) is 9.55 Å². The number of aromatic nitrogens is 2. The van der Waals surface area contributed by atoms with Crippen molar-refractivity contribution in [1.29, 1.82) is 0 Å². The van der Waals surface area contributed by atoms with Gasteiger partial charge < -0.3 is 10.6 Å². The molecule has 0 radical (unpaired) electrons. The van der Waals surface area contributed by atoms with Crippen molar-refractivity contribution in [2.24, 2.45) is 5.92 Å². The lowest BCUT2D eigenvalue weighted by atomic mass is 10.0. The minimum Gasteiger partial charge on any atom is -0.383 e. The van der Waals surface area contributed by atoms with Crippen LogP contribution in [0.2, 0.25) is 0 Å². The highest BCUT2D eigenvalue weighted by Gasteiger charge is 2.26. The number of unbranched alkanes of at least 4 members (excludes halogenated alkanes) is 1. The van der Waals surface area contributed by atoms with Gasteiger partial charge in [-0.05, 0) is 35.6 Å². The second-order valence-corrected chi connectivity index (χ2v) is 8.16. The van der Waals surface area contributed by atoms with E-state index < -0.39 is 11.2 Å². The summed E-state index contributed by atoms with van der Waals surface area (Å²) in [5.74, 6) is 0.0315. The largest absolute Gasteiger partial charge is 0.383 e. The highest BCUT2D eigenvalue weighted by Crippen LogP contribution is 2.25. The number of hydrogen-bond donors (Lipinski definition) is 2. The fourth-order valence-corrected chi connectivity index (χ4v) is 3.64. The third kappa shape index (κ3) is 4.71. The zero-order chi connectivity index (χ0) is 22.5. The van der Waals surface area contributed by atoms with E-state index in [0.29, 0.717) is 31.0 Å². The van der Waals surface area contributed by atoms with E-state index in [1.165, 1.54) is 9.47 Å². The summed E-state index contributed by atoms with van der Waals surface area (Å²) >= 11 is 0. The maximum Gasteiger partial charge on any atom is 0.330 e. The molecular weight excluding hydrogens is 392 g/mol. The molecular formula is C24H30N4O3. The Labute approximate surface area is 181 Å². The zero-order valence-corrected chi connectivity index (χ0v) is 18.4. The number of H-pyrrole nitrogens is 1. The number of aromatic amines is 1. The molecule has 164 valence electrons. The van der Waals surface area contributed by atoms with E-state index in [0.717, 1.165) is 23.6 Å². The van der Waals surface area contributed by atoms with Crippen LogP contribution in [-0.4, -0.2) is 22.0 Å². The molecule has 0 spiro atoms. The SMILES string of the molecule is CCCCn1c(N)c(N(CCC(C)C)C(=O)c2cccc3ccccc23)c(=O)[nH]c1=O. The normalized spacial score (nSPS) is 11.2. The number of fused-ring (bicyclic) bond motifs is 1. The van der Waals surface area contributed by atoms with Gasteiger partial charge in [0.2, 0.25) is 0 Å². The summed E-state index contributed by atoms with van der Waals surface area (Å²) in [6, 6.07) is 13.1. The number of nitrogens with one attached hydrogen (secondary N) is 1. The summed E-state index contributed by atoms with van der Waals surface area (Å²) in [5, 5.41) is 1.74. The van der Waals surface area contributed by atoms with Crippen LogP contribution in [0.5, 0.6) is 0 Å². The zero-order valence-electron chi connectivity index (χ0n) is 18.4. The van der Waals surface area contributed by atoms with Crippen molar-refractivity contribution < 1.29 is 4.79 Å². The first-order valence-corrected chi connectivity index (χ1v) is 10.8. The van der Waals surface area contributed by atoms with Crippen molar-refractivity contribution in [3.05, 3.63) is 68.9 Å². The Kier molecular flexibility index (Phi) is 6.95. The second-order valence-electron chi connectivity index (χ2n) is 8.16. The molecule has 0 saturated heterocycles. The number of nitrogen functional groups attached to an aromatic ring is 1. The molecule has 0 aliphatic heterocycles. The maximum atomic E-state index is 13.7. The maximum absolute atomic E-state index is 13.7. The molecule has 3 N–H and O–H groups in total. The lowest BCUT2D eigenvalue weighted by Crippen LogP contribution is -2.42. The summed E-state index contributed by atoms with van der Waals surface area (Å²) in [6.45, 7) is 6.81. The summed E-state index contributed by atoms with van der Waals surface area (Å²) in [5.41, 5.74) is 5.64. The second kappa shape index (κ2) is 9.64. The number of nitrogens with two attached hydrogens (primary N) is 1. The minimum atomic E-state index is -0.646. The molecule has 0 aliphatic carbocycles. The van der Waals surface area contributed by atoms with E-state index >= 15 is 0 Å². The quantitative estimate of drug-likeness (QED) is 0.577. The lowest BCUT2D eigenvalue weighted by molar-refractivity contribution is 0.0987. The number of rotatable bonds is 8. The summed E-state index contributed by atoms with van der Waals surface area (Å²) in [7, 11) is 0. The predicted octanol–water partition coefficient (Wildman–Crippen LogP) is 3.77. The highest BCUT2D eigenvalue weighted by molar-refractivity contribution is 6.14. The molecule has 7 heteroatoms. The molecule has 0 bridgehead atoms. The van der Waals surface area contributed by atoms with E-state index in [9.17, 15) is 14.4 Å². The molecule has 3 rings (SSSR count). The van der Waals surface area contributed by atoms with Gasteiger partial charge in [0.25, 0.3) is 11.5 Å². The Balaban J connectivity index is 2.17. The Hall–Kier alpha value is -3.35. The summed E-state index contributed by atoms with van der Waals surface area (Å²) < 4.78 is 1.35. The van der Waals surface area contributed by atoms with Gasteiger partial charge in [-0.25, -0.2) is 4.79 Å². The van der Waals surface area contributed by atoms with E-state index in [1.54, 1.807) is 6.07 Å². The van der Waals surface area contributed by atoms with Crippen molar-refractivity contribution in [3.63, 3.8) is 0 Å². The van der Waals surface area contributed by atoms with Crippen molar-refractivity contribution in [2.75, 3.05) is 17.2 Å². The minimum absolute atomic E-state index is 0.0274. The predicted molar refractivity (Wildman–Crippen MR) is 126 cm³/mol. The molecule has 0 saturated carbocycles. The molecule has 3 aromatic rings. The van der Waals surface area contributed by atoms with Crippen LogP contribution in [0.4, 0.5) is 11.5 Å². The molecule has 31 heavy (non-hydrogen) atoms. The van der Waals surface area contributed by atoms with E-state index in [-0.39, 0.29) is 17.4 Å². The molecule has 2 aromatic carbocycles. The third-order valence-corrected chi connectivity index (χ3v) is 5.41. The van der Waals surface area contributed by atoms with Gasteiger partial charge in [0, 0.05) is 18.7 Å². The van der Waals surface area contributed by atoms with Crippen LogP contribution in [0, 0.1) is 5.92 Å². The van der Waals surface area contributed by atoms with Crippen LogP contribution >= 0.6 is 0 Å². The average Bonchev–Trinajstić information content (AvgIpc) is 2.74. The van der Waals surface area contributed by atoms with Gasteiger partial charge >= 0.3 is 5.69 Å². The first kappa shape index (κ1) is 22.3. The third-order valence-electron chi connectivity index (χ3n) is 5.41. The Morgan fingerprint density at radius 1 is 1.13 bits per heavy atom. The van der Waals surface area contributed by atoms with Crippen LogP contribution < -0.4 is 21.9 Å². The van der Waals surface area contributed by atoms with Crippen LogP contribution in [0.25, 0.3) is 10.8 Å². The van der Waals surface area contributed by atoms with Gasteiger partial charge in [0.15, 0.2) is 5.69 Å². The molecule has 0 atom stereocenters. The van der Waals surface area contributed by atoms with Crippen molar-refractivity contribution in [3.8, 4) is 0 Å². The van der Waals surface area contributed by atoms with Crippen LogP contribution in [0.1, 0.15) is 50.4 Å². The number of benzene rings is 2. The molecule has 7 nitrogen and oxygen atoms in total. The van der Waals surface area contributed by atoms with Gasteiger partial charge in [0.1, 0.15) is 5.82 Å². The molecule has 1 aromatic heterocycles. The first-order valence-electron chi connectivity index (χ1n) is 10.8. The summed E-state index contributed by atoms with van der Waals surface area (Å²) in [4.78, 5) is 42.7. The fourth-order valence-electron chi connectivity index (χ4n) is 3.64. The average molecular weight is 423 g/mol. The van der Waals surface area contributed by atoms with Gasteiger partial charge in [-0.3, -0.25) is 19.1 Å². The molecule has 0 aliphatic rings. The fraction of sp³-hybridized carbons (Fsp3) is 0.375. The van der Waals surface area contributed by atoms with Crippen molar-refractivity contribution in [2.45, 2.75) is 46.6 Å². The number of hydrogen-bond acceptors (Lipinski definition) is 4. The Bertz CT molecular complexity index is 1190. The standard InChI is InChI=1S/C24H30N4O3/c1-4-5-14-28-21(25)20(22(29)26-24(28)31)27(15-13-16(2)3)23(30)19-12-8-10-17-9-6-7-11-18(17)19/h6-12,16H,4-5,13-15,25H2,1-3H3,(H,26,29,31). The number of anilines is 2. The lowest BCUT2D eigenvalue weighted by Gasteiger charge is -2.26. The Morgan fingerprint density at radius 3 is 2.55 bits per heavy atom. The van der Waals surface area contributed by atoms with E-state index in [1.807, 2.05) is 43.3 Å². The van der Waals surface area contributed by atoms with E-state index in [4.69, 9.17) is 5.73 Å². The van der Waals surface area contributed by atoms with Crippen LogP contribution in [0.3, 0.4) is 0 Å². The molecule has 0 fully saturated rings. The van der Waals surface area contributed by atoms with Gasteiger partial charge in [-0.15, -0.1) is 0 Å². The van der Waals surface area contributed by atoms with Gasteiger partial charge in [-0.2, -0.15) is 0 Å². The summed E-state index contributed by atoms with van der Waals surface area (Å²) in [6.07, 6.45) is 2.29. The number of amides is 1. The van der Waals surface area contributed by atoms with E-state index in [2.05, 4.69) is 18.8 Å². The number of carbonyl (C=O) groups is 1. The highest BCUT2D eigenvalue weighted by atomic mass is 16.2. The number of nitrogens with zero attached hydrogens (tertiary/aromatic N) is 2. The molecule has 1 amide bonds. The molecule has 0 unspecified atom stereocenters. The van der Waals surface area contributed by atoms with Crippen LogP contribution in [-0.2, 0) is 6.54 Å². The smallest absolute Gasteiger partial charge is 0.330 e. The van der Waals surface area contributed by atoms with Crippen molar-refractivity contribution >= 4 is 28.2 Å². The van der Waals surface area contributed by atoms with Gasteiger partial charge in [0.05, 0.1) is 0 Å². The Morgan fingerprint density at radius 2 is 1.84 bits per heavy atom. The molecule has 1 heterocycles. The van der Waals surface area contributed by atoms with Crippen LogP contribution in [0.15, 0.2) is 52.1 Å². The number of carbonyl (C=O) groups excluding carboxylic acids is 1. The monoisotopic (exact) mass is 422 g/mol. The topological polar surface area (TPSA) is 101 Å². The van der Waals surface area contributed by atoms with Gasteiger partial charge in [-0.1, -0.05) is 63.6 Å².